The number of nitrogens with one attached hydrogen (secondary N) is 1. The number of benzene rings is 1. The van der Waals surface area contributed by atoms with Gasteiger partial charge >= 0.3 is 0 Å². The highest BCUT2D eigenvalue weighted by Crippen LogP contribution is 2.65. The highest BCUT2D eigenvalue weighted by atomic mass is 16.2. The molecule has 0 aromatic heterocycles. The van der Waals surface area contributed by atoms with Gasteiger partial charge < -0.3 is 5.32 Å². The van der Waals surface area contributed by atoms with E-state index in [2.05, 4.69) is 25.7 Å². The van der Waals surface area contributed by atoms with Crippen LogP contribution in [-0.2, 0) is 4.79 Å². The van der Waals surface area contributed by atoms with Gasteiger partial charge in [0.1, 0.15) is 0 Å². The van der Waals surface area contributed by atoms with Gasteiger partial charge in [-0.3, -0.25) is 4.79 Å². The molecule has 2 fully saturated rings. The van der Waals surface area contributed by atoms with Gasteiger partial charge in [0.15, 0.2) is 0 Å². The fraction of sp³-hybridized carbons (Fsp3) is 0.500. The van der Waals surface area contributed by atoms with Crippen molar-refractivity contribution in [3.63, 3.8) is 0 Å². The zero-order chi connectivity index (χ0) is 14.5. The smallest absolute Gasteiger partial charge is 0.234 e. The number of hydrogen-bond donors (Lipinski definition) is 1. The molecule has 0 radical (unpaired) electrons. The van der Waals surface area contributed by atoms with E-state index >= 15 is 0 Å². The number of anilines is 1. The van der Waals surface area contributed by atoms with E-state index in [-0.39, 0.29) is 16.7 Å². The van der Waals surface area contributed by atoms with Crippen LogP contribution in [0.1, 0.15) is 38.7 Å². The van der Waals surface area contributed by atoms with Crippen LogP contribution in [0, 0.1) is 23.7 Å². The third-order valence-electron chi connectivity index (χ3n) is 5.63. The van der Waals surface area contributed by atoms with Gasteiger partial charge in [-0.15, -0.1) is 0 Å². The molecule has 1 aromatic rings. The lowest BCUT2D eigenvalue weighted by atomic mass is 9.68. The summed E-state index contributed by atoms with van der Waals surface area (Å²) in [4.78, 5) is 12.8. The molecule has 0 saturated heterocycles. The first-order chi connectivity index (χ1) is 9.36. The molecule has 3 rings (SSSR count). The average Bonchev–Trinajstić information content (AvgIpc) is 2.93. The van der Waals surface area contributed by atoms with Gasteiger partial charge in [0.2, 0.25) is 5.91 Å². The second kappa shape index (κ2) is 4.21. The molecule has 2 aliphatic rings. The SMILES string of the molecule is C=C1C(C)(C)[C@@H]2CC[C@]1(C(=O)Nc1ccc(C)cc1)C2. The summed E-state index contributed by atoms with van der Waals surface area (Å²) in [5, 5.41) is 3.10. The lowest BCUT2D eigenvalue weighted by Gasteiger charge is -2.37. The maximum Gasteiger partial charge on any atom is 0.234 e. The third kappa shape index (κ3) is 1.74. The Morgan fingerprint density at radius 2 is 1.95 bits per heavy atom. The molecule has 2 saturated carbocycles. The van der Waals surface area contributed by atoms with Crippen molar-refractivity contribution >= 4 is 11.6 Å². The van der Waals surface area contributed by atoms with Gasteiger partial charge in [-0.2, -0.15) is 0 Å². The molecule has 0 heterocycles. The van der Waals surface area contributed by atoms with Gasteiger partial charge in [-0.05, 0) is 49.7 Å². The Morgan fingerprint density at radius 1 is 1.30 bits per heavy atom. The number of aryl methyl sites for hydroxylation is 1. The second-order valence-electron chi connectivity index (χ2n) is 7.04. The fourth-order valence-electron chi connectivity index (χ4n) is 4.03. The van der Waals surface area contributed by atoms with E-state index in [9.17, 15) is 4.79 Å². The molecular formula is C18H23NO. The summed E-state index contributed by atoms with van der Waals surface area (Å²) in [6.07, 6.45) is 3.07. The maximum absolute atomic E-state index is 12.8. The number of amides is 1. The average molecular weight is 269 g/mol. The van der Waals surface area contributed by atoms with Crippen molar-refractivity contribution in [1.82, 2.24) is 0 Å². The Labute approximate surface area is 121 Å². The molecular weight excluding hydrogens is 246 g/mol. The standard InChI is InChI=1S/C18H23NO/c1-12-5-7-15(8-6-12)19-16(20)18-10-9-14(11-18)17(3,4)13(18)2/h5-8,14H,2,9-11H2,1,3-4H3,(H,19,20)/t14-,18+/m1/s1. The van der Waals surface area contributed by atoms with Gasteiger partial charge in [0, 0.05) is 5.69 Å². The minimum absolute atomic E-state index is 0.100. The Balaban J connectivity index is 1.84. The van der Waals surface area contributed by atoms with Crippen LogP contribution in [0.3, 0.4) is 0 Å². The molecule has 106 valence electrons. The monoisotopic (exact) mass is 269 g/mol. The normalized spacial score (nSPS) is 30.6. The predicted octanol–water partition coefficient (Wildman–Crippen LogP) is 4.32. The number of carbonyl (C=O) groups is 1. The molecule has 1 N–H and O–H groups in total. The van der Waals surface area contributed by atoms with E-state index < -0.39 is 0 Å². The van der Waals surface area contributed by atoms with E-state index in [4.69, 9.17) is 0 Å². The highest BCUT2D eigenvalue weighted by Gasteiger charge is 2.60. The molecule has 0 aliphatic heterocycles. The van der Waals surface area contributed by atoms with Crippen molar-refractivity contribution in [2.45, 2.75) is 40.0 Å². The molecule has 0 unspecified atom stereocenters. The largest absolute Gasteiger partial charge is 0.325 e. The first-order valence-electron chi connectivity index (χ1n) is 7.44. The van der Waals surface area contributed by atoms with Crippen LogP contribution in [0.15, 0.2) is 36.4 Å². The summed E-state index contributed by atoms with van der Waals surface area (Å²) < 4.78 is 0. The molecule has 1 amide bonds. The van der Waals surface area contributed by atoms with Crippen LogP contribution >= 0.6 is 0 Å². The number of hydrogen-bond acceptors (Lipinski definition) is 1. The molecule has 1 aromatic carbocycles. The first kappa shape index (κ1) is 13.4. The van der Waals surface area contributed by atoms with Crippen molar-refractivity contribution in [2.24, 2.45) is 16.7 Å². The van der Waals surface area contributed by atoms with Crippen molar-refractivity contribution < 1.29 is 4.79 Å². The van der Waals surface area contributed by atoms with Crippen molar-refractivity contribution in [1.29, 1.82) is 0 Å². The minimum atomic E-state index is -0.334. The zero-order valence-electron chi connectivity index (χ0n) is 12.6. The van der Waals surface area contributed by atoms with Gasteiger partial charge in [-0.1, -0.05) is 43.7 Å². The topological polar surface area (TPSA) is 29.1 Å². The van der Waals surface area contributed by atoms with Crippen LogP contribution in [-0.4, -0.2) is 5.91 Å². The molecule has 2 aliphatic carbocycles. The van der Waals surface area contributed by atoms with Crippen molar-refractivity contribution in [3.05, 3.63) is 42.0 Å². The van der Waals surface area contributed by atoms with Crippen molar-refractivity contribution in [2.75, 3.05) is 5.32 Å². The summed E-state index contributed by atoms with van der Waals surface area (Å²) in [6, 6.07) is 7.99. The molecule has 20 heavy (non-hydrogen) atoms. The van der Waals surface area contributed by atoms with E-state index in [0.717, 1.165) is 30.5 Å². The van der Waals surface area contributed by atoms with Crippen LogP contribution in [0.4, 0.5) is 5.69 Å². The van der Waals surface area contributed by atoms with E-state index in [1.165, 1.54) is 5.56 Å². The lowest BCUT2D eigenvalue weighted by molar-refractivity contribution is -0.123. The quantitative estimate of drug-likeness (QED) is 0.796. The van der Waals surface area contributed by atoms with E-state index in [0.29, 0.717) is 5.92 Å². The second-order valence-corrected chi connectivity index (χ2v) is 7.04. The number of fused-ring (bicyclic) bond motifs is 2. The van der Waals surface area contributed by atoms with Crippen LogP contribution in [0.2, 0.25) is 0 Å². The Kier molecular flexibility index (Phi) is 2.82. The minimum Gasteiger partial charge on any atom is -0.325 e. The molecule has 2 bridgehead atoms. The lowest BCUT2D eigenvalue weighted by Crippen LogP contribution is -2.37. The van der Waals surface area contributed by atoms with Crippen LogP contribution < -0.4 is 5.32 Å². The fourth-order valence-corrected chi connectivity index (χ4v) is 4.03. The molecule has 2 nitrogen and oxygen atoms in total. The predicted molar refractivity (Wildman–Crippen MR) is 82.5 cm³/mol. The van der Waals surface area contributed by atoms with Crippen LogP contribution in [0.5, 0.6) is 0 Å². The molecule has 2 heteroatoms. The first-order valence-corrected chi connectivity index (χ1v) is 7.44. The summed E-state index contributed by atoms with van der Waals surface area (Å²) in [5.41, 5.74) is 2.98. The Hall–Kier alpha value is -1.57. The molecule has 0 spiro atoms. The summed E-state index contributed by atoms with van der Waals surface area (Å²) in [5.74, 6) is 0.748. The maximum atomic E-state index is 12.8. The third-order valence-corrected chi connectivity index (χ3v) is 5.63. The van der Waals surface area contributed by atoms with Crippen molar-refractivity contribution in [3.8, 4) is 0 Å². The van der Waals surface area contributed by atoms with E-state index in [1.807, 2.05) is 31.2 Å². The van der Waals surface area contributed by atoms with Gasteiger partial charge in [0.25, 0.3) is 0 Å². The van der Waals surface area contributed by atoms with Crippen LogP contribution in [0.25, 0.3) is 0 Å². The summed E-state index contributed by atoms with van der Waals surface area (Å²) >= 11 is 0. The summed E-state index contributed by atoms with van der Waals surface area (Å²) in [6.45, 7) is 10.8. The Bertz CT molecular complexity index is 570. The Morgan fingerprint density at radius 3 is 2.50 bits per heavy atom. The zero-order valence-corrected chi connectivity index (χ0v) is 12.6. The summed E-state index contributed by atoms with van der Waals surface area (Å²) in [7, 11) is 0. The van der Waals surface area contributed by atoms with Gasteiger partial charge in [-0.25, -0.2) is 0 Å². The molecule has 2 atom stereocenters. The number of carbonyl (C=O) groups excluding carboxylic acids is 1. The number of rotatable bonds is 2. The van der Waals surface area contributed by atoms with Gasteiger partial charge in [0.05, 0.1) is 5.41 Å². The highest BCUT2D eigenvalue weighted by molar-refractivity contribution is 5.98. The van der Waals surface area contributed by atoms with E-state index in [1.54, 1.807) is 0 Å².